The second kappa shape index (κ2) is 15.8. The third kappa shape index (κ3) is 7.43. The first-order valence-electron chi connectivity index (χ1n) is 14.6. The van der Waals surface area contributed by atoms with Gasteiger partial charge in [-0.2, -0.15) is 6.92 Å². The molecular weight excluding hydrogens is 663 g/mol. The molecule has 2 nitrogen and oxygen atoms in total. The molecule has 1 unspecified atom stereocenters. The minimum Gasteiger partial charge on any atom is -0.673 e. The van der Waals surface area contributed by atoms with E-state index in [1.54, 1.807) is 6.92 Å². The van der Waals surface area contributed by atoms with Gasteiger partial charge in [-0.25, -0.2) is 0 Å². The van der Waals surface area contributed by atoms with Crippen molar-refractivity contribution >= 4 is 16.5 Å². The van der Waals surface area contributed by atoms with Gasteiger partial charge in [0.15, 0.2) is 0 Å². The number of fused-ring (bicyclic) bond motifs is 1. The van der Waals surface area contributed by atoms with Gasteiger partial charge < -0.3 is 17.2 Å². The monoisotopic (exact) mass is 705 g/mol. The molecule has 0 radical (unpaired) electrons. The van der Waals surface area contributed by atoms with E-state index in [1.165, 1.54) is 27.6 Å². The van der Waals surface area contributed by atoms with Crippen molar-refractivity contribution in [3.63, 3.8) is 0 Å². The van der Waals surface area contributed by atoms with Crippen molar-refractivity contribution in [3.05, 3.63) is 143 Å². The summed E-state index contributed by atoms with van der Waals surface area (Å²) in [5, 5.41) is 7.92. The Bertz CT molecular complexity index is 1530. The Morgan fingerprint density at radius 2 is 1.46 bits per heavy atom. The fourth-order valence-electron chi connectivity index (χ4n) is 5.39. The number of pyridine rings is 1. The maximum atomic E-state index is 5.56. The topological polar surface area (TPSA) is 27.0 Å². The van der Waals surface area contributed by atoms with E-state index in [9.17, 15) is 0 Å². The average Bonchev–Trinajstić information content (AvgIpc) is 3.01. The molecule has 41 heavy (non-hydrogen) atoms. The standard InChI is InChI=1S/C36H36N2.C2H5.Hf/c1-5-14-28-18-11-16-26(6-2)35(28)38-36(32-21-10-9-19-29(32)25(3)4)34-24-13-23-33(37-34)31-22-12-17-27-15-7-8-20-30(27)31;1-2;/h7-13,15-21,23-25,36H,5-6,14H2,1-4H3;1H2,2H3;/q-2;-1;. The number of benzene rings is 4. The molecular formula is C38H41HfN2-3. The zero-order valence-corrected chi connectivity index (χ0v) is 28.7. The fourth-order valence-corrected chi connectivity index (χ4v) is 5.39. The van der Waals surface area contributed by atoms with Crippen LogP contribution in [0.5, 0.6) is 0 Å². The second-order valence-corrected chi connectivity index (χ2v) is 10.2. The van der Waals surface area contributed by atoms with Crippen molar-refractivity contribution < 1.29 is 25.8 Å². The van der Waals surface area contributed by atoms with E-state index in [1.807, 2.05) is 6.07 Å². The number of aryl methyl sites for hydroxylation is 2. The van der Waals surface area contributed by atoms with E-state index in [4.69, 9.17) is 10.3 Å². The summed E-state index contributed by atoms with van der Waals surface area (Å²) in [5.74, 6) is 0.384. The van der Waals surface area contributed by atoms with Crippen LogP contribution in [0.4, 0.5) is 5.69 Å². The Morgan fingerprint density at radius 3 is 2.20 bits per heavy atom. The van der Waals surface area contributed by atoms with Gasteiger partial charge in [0.25, 0.3) is 0 Å². The van der Waals surface area contributed by atoms with Gasteiger partial charge in [-0.05, 0) is 42.1 Å². The summed E-state index contributed by atoms with van der Waals surface area (Å²) >= 11 is 0. The van der Waals surface area contributed by atoms with Crippen molar-refractivity contribution in [2.75, 3.05) is 0 Å². The number of aromatic nitrogens is 1. The molecule has 1 aromatic heterocycles. The second-order valence-electron chi connectivity index (χ2n) is 10.2. The minimum atomic E-state index is -0.202. The summed E-state index contributed by atoms with van der Waals surface area (Å²) in [6.45, 7) is 14.0. The Labute approximate surface area is 266 Å². The van der Waals surface area contributed by atoms with Crippen molar-refractivity contribution in [1.29, 1.82) is 0 Å². The Balaban J connectivity index is 0.00000151. The van der Waals surface area contributed by atoms with Crippen LogP contribution in [0.2, 0.25) is 0 Å². The molecule has 0 saturated heterocycles. The molecule has 0 bridgehead atoms. The molecule has 3 heteroatoms. The molecule has 210 valence electrons. The van der Waals surface area contributed by atoms with Crippen molar-refractivity contribution in [1.82, 2.24) is 4.98 Å². The minimum absolute atomic E-state index is 0. The summed E-state index contributed by atoms with van der Waals surface area (Å²) in [4.78, 5) is 5.27. The van der Waals surface area contributed by atoms with Gasteiger partial charge in [-0.3, -0.25) is 0 Å². The SMILES string of the molecule is CCCc1cccc(CC)c1[N-]C(c1cccc(-c2[c-]ccc3ccccc23)n1)c1ccccc1C(C)C.[CH2-]C.[Hf]. The van der Waals surface area contributed by atoms with Gasteiger partial charge in [-0.1, -0.05) is 135 Å². The van der Waals surface area contributed by atoms with E-state index in [0.717, 1.165) is 47.3 Å². The predicted octanol–water partition coefficient (Wildman–Crippen LogP) is 11.0. The van der Waals surface area contributed by atoms with Crippen LogP contribution in [0.3, 0.4) is 0 Å². The van der Waals surface area contributed by atoms with Gasteiger partial charge in [0.1, 0.15) is 0 Å². The van der Waals surface area contributed by atoms with E-state index in [-0.39, 0.29) is 31.9 Å². The Morgan fingerprint density at radius 1 is 0.780 bits per heavy atom. The normalized spacial score (nSPS) is 11.4. The molecule has 5 rings (SSSR count). The molecule has 0 aliphatic carbocycles. The largest absolute Gasteiger partial charge is 0.673 e. The van der Waals surface area contributed by atoms with Crippen LogP contribution in [-0.4, -0.2) is 4.98 Å². The third-order valence-electron chi connectivity index (χ3n) is 7.30. The molecule has 4 aromatic carbocycles. The summed E-state index contributed by atoms with van der Waals surface area (Å²) in [5.41, 5.74) is 9.20. The fraction of sp³-hybridized carbons (Fsp3) is 0.263. The Kier molecular flexibility index (Phi) is 12.5. The number of nitrogens with zero attached hydrogens (tertiary/aromatic N) is 2. The zero-order chi connectivity index (χ0) is 28.5. The quantitative estimate of drug-likeness (QED) is 0.111. The van der Waals surface area contributed by atoms with E-state index < -0.39 is 0 Å². The summed E-state index contributed by atoms with van der Waals surface area (Å²) in [7, 11) is 0. The van der Waals surface area contributed by atoms with Crippen LogP contribution < -0.4 is 0 Å². The van der Waals surface area contributed by atoms with Gasteiger partial charge in [0, 0.05) is 31.5 Å². The molecule has 0 N–H and O–H groups in total. The van der Waals surface area contributed by atoms with Gasteiger partial charge in [0.05, 0.1) is 0 Å². The van der Waals surface area contributed by atoms with Crippen LogP contribution in [-0.2, 0) is 38.7 Å². The first-order chi connectivity index (χ1) is 19.6. The van der Waals surface area contributed by atoms with Crippen molar-refractivity contribution in [2.45, 2.75) is 65.8 Å². The number of hydrogen-bond donors (Lipinski definition) is 0. The van der Waals surface area contributed by atoms with Crippen molar-refractivity contribution in [2.24, 2.45) is 0 Å². The number of para-hydroxylation sites is 1. The van der Waals surface area contributed by atoms with Gasteiger partial charge in [0.2, 0.25) is 0 Å². The smallest absolute Gasteiger partial charge is 0.0195 e. The Hall–Kier alpha value is -3.04. The summed E-state index contributed by atoms with van der Waals surface area (Å²) in [6.07, 6.45) is 3.06. The van der Waals surface area contributed by atoms with Crippen LogP contribution in [0.25, 0.3) is 27.3 Å². The van der Waals surface area contributed by atoms with Crippen LogP contribution in [0.1, 0.15) is 80.9 Å². The average molecular weight is 704 g/mol. The predicted molar refractivity (Wildman–Crippen MR) is 172 cm³/mol. The first kappa shape index (κ1) is 32.5. The molecule has 5 aromatic rings. The van der Waals surface area contributed by atoms with Crippen molar-refractivity contribution in [3.8, 4) is 11.3 Å². The number of rotatable bonds is 9. The van der Waals surface area contributed by atoms with Gasteiger partial charge in [-0.15, -0.1) is 34.8 Å². The van der Waals surface area contributed by atoms with Gasteiger partial charge >= 0.3 is 0 Å². The van der Waals surface area contributed by atoms with E-state index in [2.05, 4.69) is 132 Å². The zero-order valence-electron chi connectivity index (χ0n) is 25.1. The summed E-state index contributed by atoms with van der Waals surface area (Å²) in [6, 6.07) is 37.5. The molecule has 0 aliphatic rings. The molecule has 1 atom stereocenters. The van der Waals surface area contributed by atoms with Crippen LogP contribution >= 0.6 is 0 Å². The van der Waals surface area contributed by atoms with Crippen LogP contribution in [0.15, 0.2) is 97.1 Å². The maximum absolute atomic E-state index is 5.56. The molecule has 0 spiro atoms. The molecule has 0 fully saturated rings. The maximum Gasteiger partial charge on any atom is 0.0195 e. The summed E-state index contributed by atoms with van der Waals surface area (Å²) < 4.78 is 0. The molecule has 0 aliphatic heterocycles. The van der Waals surface area contributed by atoms with E-state index in [0.29, 0.717) is 5.92 Å². The number of hydrogen-bond acceptors (Lipinski definition) is 1. The van der Waals surface area contributed by atoms with E-state index >= 15 is 0 Å². The molecule has 0 saturated carbocycles. The van der Waals surface area contributed by atoms with Crippen LogP contribution in [0, 0.1) is 13.0 Å². The molecule has 1 heterocycles. The molecule has 0 amide bonds. The first-order valence-corrected chi connectivity index (χ1v) is 14.6. The third-order valence-corrected chi connectivity index (χ3v) is 7.30.